The smallest absolute Gasteiger partial charge is 0.384 e. The third kappa shape index (κ3) is 4.07. The van der Waals surface area contributed by atoms with Crippen molar-refractivity contribution in [3.05, 3.63) is 33.9 Å². The lowest BCUT2D eigenvalue weighted by Crippen LogP contribution is -2.24. The topological polar surface area (TPSA) is 67.2 Å². The Labute approximate surface area is 119 Å². The third-order valence-corrected chi connectivity index (χ3v) is 3.49. The minimum atomic E-state index is -4.63. The van der Waals surface area contributed by atoms with Gasteiger partial charge in [-0.15, -0.1) is 0 Å². The monoisotopic (exact) mass is 303 g/mol. The number of hydrogen-bond donors (Lipinski definition) is 2. The zero-order valence-electron chi connectivity index (χ0n) is 11.2. The predicted octanol–water partition coefficient (Wildman–Crippen LogP) is 3.17. The van der Waals surface area contributed by atoms with Gasteiger partial charge in [-0.05, 0) is 31.9 Å². The number of halogens is 3. The van der Waals surface area contributed by atoms with E-state index in [4.69, 9.17) is 0 Å². The summed E-state index contributed by atoms with van der Waals surface area (Å²) >= 11 is 0. The lowest BCUT2D eigenvalue weighted by atomic mass is 10.1. The van der Waals surface area contributed by atoms with Crippen molar-refractivity contribution in [2.45, 2.75) is 31.5 Å². The van der Waals surface area contributed by atoms with Crippen molar-refractivity contribution < 1.29 is 18.1 Å². The maximum Gasteiger partial charge on any atom is 0.418 e. The first-order valence-corrected chi connectivity index (χ1v) is 6.71. The van der Waals surface area contributed by atoms with Crippen molar-refractivity contribution in [1.82, 2.24) is 5.32 Å². The fourth-order valence-electron chi connectivity index (χ4n) is 2.42. The first kappa shape index (κ1) is 15.6. The molecule has 2 rings (SSSR count). The van der Waals surface area contributed by atoms with E-state index in [-0.39, 0.29) is 5.69 Å². The second kappa shape index (κ2) is 6.30. The summed E-state index contributed by atoms with van der Waals surface area (Å²) in [6.45, 7) is 1.33. The molecule has 1 heterocycles. The average Bonchev–Trinajstić information content (AvgIpc) is 2.90. The minimum absolute atomic E-state index is 0.119. The zero-order chi connectivity index (χ0) is 15.5. The Morgan fingerprint density at radius 3 is 2.76 bits per heavy atom. The molecule has 0 spiro atoms. The summed E-state index contributed by atoms with van der Waals surface area (Å²) < 4.78 is 38.8. The summed E-state index contributed by atoms with van der Waals surface area (Å²) in [5, 5.41) is 16.6. The first-order chi connectivity index (χ1) is 9.88. The molecule has 116 valence electrons. The summed E-state index contributed by atoms with van der Waals surface area (Å²) in [5.74, 6) is 0. The second-order valence-corrected chi connectivity index (χ2v) is 4.99. The highest BCUT2D eigenvalue weighted by Crippen LogP contribution is 2.37. The van der Waals surface area contributed by atoms with Crippen LogP contribution in [0.5, 0.6) is 0 Å². The highest BCUT2D eigenvalue weighted by molar-refractivity contribution is 5.57. The van der Waals surface area contributed by atoms with Crippen molar-refractivity contribution in [1.29, 1.82) is 0 Å². The number of nitro benzene ring substituents is 1. The van der Waals surface area contributed by atoms with Crippen LogP contribution in [0.25, 0.3) is 0 Å². The van der Waals surface area contributed by atoms with Crippen molar-refractivity contribution in [2.24, 2.45) is 0 Å². The fraction of sp³-hybridized carbons (Fsp3) is 0.538. The molecule has 8 heteroatoms. The number of non-ortho nitro benzene ring substituents is 1. The van der Waals surface area contributed by atoms with Gasteiger partial charge in [0.05, 0.1) is 10.5 Å². The number of benzene rings is 1. The van der Waals surface area contributed by atoms with Gasteiger partial charge in [0.2, 0.25) is 0 Å². The number of nitro groups is 1. The van der Waals surface area contributed by atoms with E-state index in [1.54, 1.807) is 0 Å². The largest absolute Gasteiger partial charge is 0.418 e. The highest BCUT2D eigenvalue weighted by atomic mass is 19.4. The van der Waals surface area contributed by atoms with E-state index < -0.39 is 22.4 Å². The van der Waals surface area contributed by atoms with Gasteiger partial charge < -0.3 is 10.6 Å². The molecule has 1 aromatic rings. The van der Waals surface area contributed by atoms with Crippen LogP contribution in [0.4, 0.5) is 24.5 Å². The van der Waals surface area contributed by atoms with E-state index in [0.717, 1.165) is 31.5 Å². The number of nitrogens with one attached hydrogen (secondary N) is 2. The Morgan fingerprint density at radius 2 is 2.19 bits per heavy atom. The zero-order valence-corrected chi connectivity index (χ0v) is 11.2. The summed E-state index contributed by atoms with van der Waals surface area (Å²) in [6.07, 6.45) is -1.81. The van der Waals surface area contributed by atoms with Gasteiger partial charge in [0.15, 0.2) is 0 Å². The molecule has 1 fully saturated rings. The van der Waals surface area contributed by atoms with Crippen molar-refractivity contribution in [3.63, 3.8) is 0 Å². The Kier molecular flexibility index (Phi) is 4.66. The van der Waals surface area contributed by atoms with E-state index in [0.29, 0.717) is 25.1 Å². The van der Waals surface area contributed by atoms with Gasteiger partial charge in [-0.25, -0.2) is 0 Å². The molecule has 5 nitrogen and oxygen atoms in total. The molecular formula is C13H16F3N3O2. The lowest BCUT2D eigenvalue weighted by molar-refractivity contribution is -0.385. The molecule has 1 unspecified atom stereocenters. The predicted molar refractivity (Wildman–Crippen MR) is 72.2 cm³/mol. The van der Waals surface area contributed by atoms with Crippen LogP contribution in [0.3, 0.4) is 0 Å². The Bertz CT molecular complexity index is 514. The van der Waals surface area contributed by atoms with Crippen LogP contribution in [0, 0.1) is 10.1 Å². The number of nitrogens with zero attached hydrogens (tertiary/aromatic N) is 1. The Balaban J connectivity index is 2.08. The SMILES string of the molecule is O=[N+]([O-])c1ccc(NCCC2CCCN2)c(C(F)(F)F)c1. The maximum atomic E-state index is 12.9. The van der Waals surface area contributed by atoms with E-state index in [1.165, 1.54) is 0 Å². The highest BCUT2D eigenvalue weighted by Gasteiger charge is 2.35. The summed E-state index contributed by atoms with van der Waals surface area (Å²) in [4.78, 5) is 9.76. The van der Waals surface area contributed by atoms with Gasteiger partial charge in [-0.3, -0.25) is 10.1 Å². The van der Waals surface area contributed by atoms with Crippen LogP contribution >= 0.6 is 0 Å². The van der Waals surface area contributed by atoms with Crippen LogP contribution in [-0.2, 0) is 6.18 Å². The minimum Gasteiger partial charge on any atom is -0.384 e. The molecule has 1 atom stereocenters. The van der Waals surface area contributed by atoms with Crippen LogP contribution in [-0.4, -0.2) is 24.1 Å². The van der Waals surface area contributed by atoms with Gasteiger partial charge in [0.1, 0.15) is 0 Å². The summed E-state index contributed by atoms with van der Waals surface area (Å²) in [5.41, 5.74) is -1.69. The normalized spacial score (nSPS) is 18.7. The van der Waals surface area contributed by atoms with Gasteiger partial charge >= 0.3 is 6.18 Å². The molecule has 21 heavy (non-hydrogen) atoms. The van der Waals surface area contributed by atoms with Crippen LogP contribution in [0.1, 0.15) is 24.8 Å². The van der Waals surface area contributed by atoms with Gasteiger partial charge in [0.25, 0.3) is 5.69 Å². The van der Waals surface area contributed by atoms with E-state index in [1.807, 2.05) is 0 Å². The molecule has 1 aliphatic heterocycles. The number of anilines is 1. The maximum absolute atomic E-state index is 12.9. The number of alkyl halides is 3. The lowest BCUT2D eigenvalue weighted by Gasteiger charge is -2.16. The van der Waals surface area contributed by atoms with E-state index >= 15 is 0 Å². The van der Waals surface area contributed by atoms with Crippen molar-refractivity contribution >= 4 is 11.4 Å². The Morgan fingerprint density at radius 1 is 1.43 bits per heavy atom. The molecule has 1 aromatic carbocycles. The van der Waals surface area contributed by atoms with Gasteiger partial charge in [-0.2, -0.15) is 13.2 Å². The second-order valence-electron chi connectivity index (χ2n) is 4.99. The summed E-state index contributed by atoms with van der Waals surface area (Å²) in [7, 11) is 0. The molecule has 0 aliphatic carbocycles. The Hall–Kier alpha value is -1.83. The van der Waals surface area contributed by atoms with Crippen LogP contribution in [0.15, 0.2) is 18.2 Å². The molecule has 0 bridgehead atoms. The molecule has 0 radical (unpaired) electrons. The van der Waals surface area contributed by atoms with E-state index in [2.05, 4.69) is 10.6 Å². The average molecular weight is 303 g/mol. The molecular weight excluding hydrogens is 287 g/mol. The van der Waals surface area contributed by atoms with Crippen molar-refractivity contribution in [2.75, 3.05) is 18.4 Å². The molecule has 2 N–H and O–H groups in total. The van der Waals surface area contributed by atoms with Gasteiger partial charge in [0, 0.05) is 30.4 Å². The molecule has 0 saturated carbocycles. The van der Waals surface area contributed by atoms with Gasteiger partial charge in [-0.1, -0.05) is 0 Å². The standard InChI is InChI=1S/C13H16F3N3O2/c14-13(15,16)11-8-10(19(20)21)3-4-12(11)18-7-5-9-2-1-6-17-9/h3-4,8-9,17-18H,1-2,5-7H2. The quantitative estimate of drug-likeness (QED) is 0.647. The van der Waals surface area contributed by atoms with E-state index in [9.17, 15) is 23.3 Å². The summed E-state index contributed by atoms with van der Waals surface area (Å²) in [6, 6.07) is 3.08. The number of hydrogen-bond acceptors (Lipinski definition) is 4. The molecule has 1 saturated heterocycles. The molecule has 0 aromatic heterocycles. The molecule has 1 aliphatic rings. The van der Waals surface area contributed by atoms with Crippen LogP contribution in [0.2, 0.25) is 0 Å². The third-order valence-electron chi connectivity index (χ3n) is 3.49. The fourth-order valence-corrected chi connectivity index (χ4v) is 2.42. The first-order valence-electron chi connectivity index (χ1n) is 6.71. The van der Waals surface area contributed by atoms with Crippen molar-refractivity contribution in [3.8, 4) is 0 Å². The number of rotatable bonds is 5. The molecule has 0 amide bonds. The van der Waals surface area contributed by atoms with Crippen LogP contribution < -0.4 is 10.6 Å².